The Hall–Kier alpha value is -1.36. The van der Waals surface area contributed by atoms with Gasteiger partial charge in [0.05, 0.1) is 7.11 Å². The zero-order valence-corrected chi connectivity index (χ0v) is 13.8. The molecule has 1 unspecified atom stereocenters. The van der Waals surface area contributed by atoms with E-state index in [4.69, 9.17) is 16.3 Å². The normalized spacial score (nSPS) is 12.0. The van der Waals surface area contributed by atoms with Crippen molar-refractivity contribution in [2.75, 3.05) is 7.11 Å². The van der Waals surface area contributed by atoms with Crippen LogP contribution in [0.3, 0.4) is 0 Å². The van der Waals surface area contributed by atoms with Crippen molar-refractivity contribution in [1.82, 2.24) is 5.32 Å². The summed E-state index contributed by atoms with van der Waals surface area (Å²) in [6, 6.07) is 14.6. The van der Waals surface area contributed by atoms with Crippen molar-refractivity contribution in [3.05, 3.63) is 69.2 Å². The number of methoxy groups -OCH3 is 1. The molecule has 0 amide bonds. The highest BCUT2D eigenvalue weighted by Gasteiger charge is 2.23. The standard InChI is InChI=1S/C16H15BrClNO2/c1-21-16(20)15(13-8-7-12(18)9-14(13)17)19-10-11-5-3-2-4-6-11/h2-9,15,19H,10H2,1H3. The van der Waals surface area contributed by atoms with Crippen molar-refractivity contribution in [2.24, 2.45) is 0 Å². The van der Waals surface area contributed by atoms with Gasteiger partial charge >= 0.3 is 5.97 Å². The van der Waals surface area contributed by atoms with Crippen LogP contribution in [0.1, 0.15) is 17.2 Å². The Morgan fingerprint density at radius 2 is 2.00 bits per heavy atom. The van der Waals surface area contributed by atoms with Gasteiger partial charge in [0.25, 0.3) is 0 Å². The largest absolute Gasteiger partial charge is 0.468 e. The van der Waals surface area contributed by atoms with Crippen LogP contribution in [0.25, 0.3) is 0 Å². The fourth-order valence-electron chi connectivity index (χ4n) is 1.99. The van der Waals surface area contributed by atoms with E-state index >= 15 is 0 Å². The smallest absolute Gasteiger partial charge is 0.327 e. The van der Waals surface area contributed by atoms with E-state index in [0.29, 0.717) is 11.6 Å². The number of carbonyl (C=O) groups excluding carboxylic acids is 1. The molecule has 1 N–H and O–H groups in total. The summed E-state index contributed by atoms with van der Waals surface area (Å²) in [7, 11) is 1.38. The van der Waals surface area contributed by atoms with E-state index in [0.717, 1.165) is 15.6 Å². The van der Waals surface area contributed by atoms with Crippen molar-refractivity contribution < 1.29 is 9.53 Å². The Morgan fingerprint density at radius 3 is 2.62 bits per heavy atom. The van der Waals surface area contributed by atoms with Crippen molar-refractivity contribution >= 4 is 33.5 Å². The third kappa shape index (κ3) is 4.30. The fourth-order valence-corrected chi connectivity index (χ4v) is 2.90. The molecule has 0 saturated carbocycles. The molecule has 0 bridgehead atoms. The number of hydrogen-bond donors (Lipinski definition) is 1. The summed E-state index contributed by atoms with van der Waals surface area (Å²) in [5.74, 6) is -0.339. The maximum atomic E-state index is 12.0. The Bertz CT molecular complexity index is 619. The predicted octanol–water partition coefficient (Wildman–Crippen LogP) is 4.11. The lowest BCUT2D eigenvalue weighted by Crippen LogP contribution is -2.29. The first-order valence-electron chi connectivity index (χ1n) is 6.42. The van der Waals surface area contributed by atoms with Crippen LogP contribution in [0.4, 0.5) is 0 Å². The number of hydrogen-bond acceptors (Lipinski definition) is 3. The minimum absolute atomic E-state index is 0.339. The molecule has 0 aliphatic rings. The fraction of sp³-hybridized carbons (Fsp3) is 0.188. The van der Waals surface area contributed by atoms with Crippen LogP contribution < -0.4 is 5.32 Å². The van der Waals surface area contributed by atoms with Gasteiger partial charge < -0.3 is 4.74 Å². The second-order valence-corrected chi connectivity index (χ2v) is 5.78. The summed E-state index contributed by atoms with van der Waals surface area (Å²) in [5, 5.41) is 3.82. The summed E-state index contributed by atoms with van der Waals surface area (Å²) in [6.45, 7) is 0.565. The molecule has 0 aliphatic heterocycles. The molecular weight excluding hydrogens is 354 g/mol. The van der Waals surface area contributed by atoms with E-state index in [-0.39, 0.29) is 5.97 Å². The van der Waals surface area contributed by atoms with Gasteiger partial charge in [0.1, 0.15) is 6.04 Å². The van der Waals surface area contributed by atoms with Crippen molar-refractivity contribution in [3.63, 3.8) is 0 Å². The lowest BCUT2D eigenvalue weighted by atomic mass is 10.1. The van der Waals surface area contributed by atoms with Crippen LogP contribution in [0.15, 0.2) is 53.0 Å². The Labute approximate surface area is 137 Å². The molecule has 1 atom stereocenters. The number of ether oxygens (including phenoxy) is 1. The molecule has 0 saturated heterocycles. The molecule has 0 aliphatic carbocycles. The summed E-state index contributed by atoms with van der Waals surface area (Å²) >= 11 is 9.38. The minimum Gasteiger partial charge on any atom is -0.468 e. The second kappa shape index (κ2) is 7.59. The van der Waals surface area contributed by atoms with Gasteiger partial charge in [0.2, 0.25) is 0 Å². The highest BCUT2D eigenvalue weighted by atomic mass is 79.9. The van der Waals surface area contributed by atoms with E-state index in [2.05, 4.69) is 21.2 Å². The number of esters is 1. The first-order chi connectivity index (χ1) is 10.1. The molecule has 0 heterocycles. The molecule has 2 rings (SSSR count). The first kappa shape index (κ1) is 16.0. The Kier molecular flexibility index (Phi) is 5.79. The lowest BCUT2D eigenvalue weighted by molar-refractivity contribution is -0.143. The molecule has 21 heavy (non-hydrogen) atoms. The van der Waals surface area contributed by atoms with Gasteiger partial charge in [0.15, 0.2) is 0 Å². The van der Waals surface area contributed by atoms with Gasteiger partial charge in [0, 0.05) is 16.0 Å². The predicted molar refractivity (Wildman–Crippen MR) is 87.2 cm³/mol. The van der Waals surface area contributed by atoms with Gasteiger partial charge in [-0.1, -0.05) is 63.9 Å². The van der Waals surface area contributed by atoms with Crippen molar-refractivity contribution in [3.8, 4) is 0 Å². The Morgan fingerprint density at radius 1 is 1.29 bits per heavy atom. The molecule has 0 radical (unpaired) electrons. The molecule has 2 aromatic carbocycles. The summed E-state index contributed by atoms with van der Waals surface area (Å²) in [6.07, 6.45) is 0. The summed E-state index contributed by atoms with van der Waals surface area (Å²) in [4.78, 5) is 12.0. The van der Waals surface area contributed by atoms with E-state index < -0.39 is 6.04 Å². The molecule has 0 fully saturated rings. The van der Waals surface area contributed by atoms with Crippen LogP contribution in [0.5, 0.6) is 0 Å². The van der Waals surface area contributed by atoms with Crippen molar-refractivity contribution in [2.45, 2.75) is 12.6 Å². The highest BCUT2D eigenvalue weighted by molar-refractivity contribution is 9.10. The second-order valence-electron chi connectivity index (χ2n) is 4.49. The average Bonchev–Trinajstić information content (AvgIpc) is 2.50. The van der Waals surface area contributed by atoms with Gasteiger partial charge in [-0.2, -0.15) is 0 Å². The zero-order chi connectivity index (χ0) is 15.2. The van der Waals surface area contributed by atoms with Gasteiger partial charge in [-0.05, 0) is 23.3 Å². The minimum atomic E-state index is -0.554. The quantitative estimate of drug-likeness (QED) is 0.807. The molecule has 0 spiro atoms. The van der Waals surface area contributed by atoms with Crippen LogP contribution in [0.2, 0.25) is 5.02 Å². The van der Waals surface area contributed by atoms with Gasteiger partial charge in [-0.3, -0.25) is 5.32 Å². The van der Waals surface area contributed by atoms with E-state index in [1.54, 1.807) is 12.1 Å². The van der Waals surface area contributed by atoms with E-state index in [1.807, 2.05) is 36.4 Å². The van der Waals surface area contributed by atoms with E-state index in [1.165, 1.54) is 7.11 Å². The molecule has 2 aromatic rings. The van der Waals surface area contributed by atoms with Crippen LogP contribution >= 0.6 is 27.5 Å². The lowest BCUT2D eigenvalue weighted by Gasteiger charge is -2.18. The average molecular weight is 369 g/mol. The van der Waals surface area contributed by atoms with E-state index in [9.17, 15) is 4.79 Å². The Balaban J connectivity index is 2.20. The number of halogens is 2. The van der Waals surface area contributed by atoms with Crippen LogP contribution in [-0.4, -0.2) is 13.1 Å². The summed E-state index contributed by atoms with van der Waals surface area (Å²) in [5.41, 5.74) is 1.89. The monoisotopic (exact) mass is 367 g/mol. The van der Waals surface area contributed by atoms with Gasteiger partial charge in [-0.25, -0.2) is 4.79 Å². The third-order valence-electron chi connectivity index (χ3n) is 3.06. The van der Waals surface area contributed by atoms with Gasteiger partial charge in [-0.15, -0.1) is 0 Å². The number of nitrogens with one attached hydrogen (secondary N) is 1. The third-order valence-corrected chi connectivity index (χ3v) is 3.99. The highest BCUT2D eigenvalue weighted by Crippen LogP contribution is 2.27. The number of benzene rings is 2. The van der Waals surface area contributed by atoms with Crippen LogP contribution in [0, 0.1) is 0 Å². The van der Waals surface area contributed by atoms with Crippen LogP contribution in [-0.2, 0) is 16.1 Å². The SMILES string of the molecule is COC(=O)C(NCc1ccccc1)c1ccc(Cl)cc1Br. The van der Waals surface area contributed by atoms with Crippen molar-refractivity contribution in [1.29, 1.82) is 0 Å². The molecule has 110 valence electrons. The molecular formula is C16H15BrClNO2. The summed E-state index contributed by atoms with van der Waals surface area (Å²) < 4.78 is 5.65. The topological polar surface area (TPSA) is 38.3 Å². The molecule has 5 heteroatoms. The zero-order valence-electron chi connectivity index (χ0n) is 11.5. The number of carbonyl (C=O) groups is 1. The first-order valence-corrected chi connectivity index (χ1v) is 7.59. The molecule has 0 aromatic heterocycles. The molecule has 3 nitrogen and oxygen atoms in total. The number of rotatable bonds is 5. The maximum absolute atomic E-state index is 12.0. The maximum Gasteiger partial charge on any atom is 0.327 e.